The Morgan fingerprint density at radius 2 is 1.98 bits per heavy atom. The first-order valence-corrected chi connectivity index (χ1v) is 14.0. The van der Waals surface area contributed by atoms with Crippen LogP contribution in [0.15, 0.2) is 107 Å². The van der Waals surface area contributed by atoms with Crippen LogP contribution in [0.3, 0.4) is 0 Å². The average Bonchev–Trinajstić information content (AvgIpc) is 3.14. The smallest absolute Gasteiger partial charge is 0.303 e. The van der Waals surface area contributed by atoms with Crippen molar-refractivity contribution in [1.82, 2.24) is 4.90 Å². The van der Waals surface area contributed by atoms with E-state index in [1.165, 1.54) is 6.08 Å². The number of unbranched alkanes of at least 4 members (excludes halogenated alkanes) is 1. The molecule has 0 bridgehead atoms. The van der Waals surface area contributed by atoms with Gasteiger partial charge in [0.25, 0.3) is 0 Å². The van der Waals surface area contributed by atoms with E-state index in [0.717, 1.165) is 17.6 Å². The number of nitrogens with zero attached hydrogens (tertiary/aromatic N) is 3. The molecular formula is C32H40ClN3O4. The largest absolute Gasteiger partial charge is 0.481 e. The number of carbonyl (C=O) groups is 2. The molecule has 0 aromatic heterocycles. The highest BCUT2D eigenvalue weighted by Crippen LogP contribution is 2.31. The zero-order valence-electron chi connectivity index (χ0n) is 23.3. The summed E-state index contributed by atoms with van der Waals surface area (Å²) >= 11 is 5.86. The second-order valence-electron chi connectivity index (χ2n) is 9.47. The van der Waals surface area contributed by atoms with Crippen LogP contribution in [0, 0.1) is 0 Å². The zero-order chi connectivity index (χ0) is 29.4. The van der Waals surface area contributed by atoms with Crippen LogP contribution in [0.4, 0.5) is 0 Å². The zero-order valence-corrected chi connectivity index (χ0v) is 24.0. The van der Waals surface area contributed by atoms with E-state index >= 15 is 0 Å². The molecule has 2 N–H and O–H groups in total. The number of aliphatic carboxylic acids is 1. The number of carboxylic acid groups (broad SMARTS) is 1. The fourth-order valence-electron chi connectivity index (χ4n) is 4.37. The number of aliphatic hydroxyl groups is 1. The Morgan fingerprint density at radius 1 is 1.20 bits per heavy atom. The molecular weight excluding hydrogens is 526 g/mol. The molecule has 1 unspecified atom stereocenters. The molecule has 1 atom stereocenters. The Bertz CT molecular complexity index is 1190. The van der Waals surface area contributed by atoms with Crippen molar-refractivity contribution in [3.8, 4) is 0 Å². The Balaban J connectivity index is 2.20. The Morgan fingerprint density at radius 3 is 2.67 bits per heavy atom. The summed E-state index contributed by atoms with van der Waals surface area (Å²) in [6.45, 7) is 10.5. The number of rotatable bonds is 15. The molecule has 1 saturated heterocycles. The van der Waals surface area contributed by atoms with Gasteiger partial charge in [-0.15, -0.1) is 11.6 Å². The predicted molar refractivity (Wildman–Crippen MR) is 165 cm³/mol. The minimum atomic E-state index is -1.05. The quantitative estimate of drug-likeness (QED) is 0.0846. The van der Waals surface area contributed by atoms with Gasteiger partial charge in [0, 0.05) is 24.9 Å². The average molecular weight is 566 g/mol. The van der Waals surface area contributed by atoms with Gasteiger partial charge in [-0.05, 0) is 56.3 Å². The molecule has 0 radical (unpaired) electrons. The molecule has 214 valence electrons. The second kappa shape index (κ2) is 17.2. The number of alkyl halides is 1. The number of amides is 1. The minimum absolute atomic E-state index is 0.0710. The first-order valence-electron chi connectivity index (χ1n) is 13.5. The van der Waals surface area contributed by atoms with Crippen LogP contribution in [-0.4, -0.2) is 69.5 Å². The summed E-state index contributed by atoms with van der Waals surface area (Å²) in [5.74, 6) is -0.692. The third-order valence-corrected chi connectivity index (χ3v) is 6.71. The van der Waals surface area contributed by atoms with Crippen molar-refractivity contribution < 1.29 is 19.8 Å². The molecule has 8 heteroatoms. The standard InChI is InChI=1S/C32H40ClN3O4/c1-4-25(3)35-31(26(5-2)14-12-21-33)28(17-10-11-19-30(38)39)34-22-13-18-29(37)36-23-20-32(40,24-36)27-15-8-6-7-9-16-27/h4-8,12-16,18,40H,1,3,9-11,17,19-24H2,2H3,(H,38,39)/b14-12-,18-13+,26-5+,34-28-,35-31-. The third kappa shape index (κ3) is 10.5. The number of carbonyl (C=O) groups excluding carboxylic acids is 1. The molecule has 1 aliphatic carbocycles. The summed E-state index contributed by atoms with van der Waals surface area (Å²) in [6.07, 6.45) is 23.0. The predicted octanol–water partition coefficient (Wildman–Crippen LogP) is 5.92. The molecule has 2 aliphatic rings. The molecule has 0 aromatic rings. The van der Waals surface area contributed by atoms with Crippen molar-refractivity contribution in [3.05, 3.63) is 96.8 Å². The molecule has 0 saturated carbocycles. The number of halogens is 1. The van der Waals surface area contributed by atoms with Crippen molar-refractivity contribution in [1.29, 1.82) is 0 Å². The van der Waals surface area contributed by atoms with E-state index in [2.05, 4.69) is 18.2 Å². The van der Waals surface area contributed by atoms with Gasteiger partial charge in [-0.1, -0.05) is 67.8 Å². The van der Waals surface area contributed by atoms with Crippen molar-refractivity contribution in [2.24, 2.45) is 9.98 Å². The van der Waals surface area contributed by atoms with Crippen LogP contribution in [0.1, 0.15) is 45.4 Å². The van der Waals surface area contributed by atoms with Crippen LogP contribution >= 0.6 is 11.6 Å². The van der Waals surface area contributed by atoms with Crippen LogP contribution in [0.25, 0.3) is 0 Å². The first-order chi connectivity index (χ1) is 19.2. The van der Waals surface area contributed by atoms with E-state index in [-0.39, 0.29) is 25.4 Å². The maximum atomic E-state index is 12.9. The lowest BCUT2D eigenvalue weighted by Gasteiger charge is -2.24. The summed E-state index contributed by atoms with van der Waals surface area (Å²) in [5.41, 5.74) is 2.33. The summed E-state index contributed by atoms with van der Waals surface area (Å²) in [7, 11) is 0. The van der Waals surface area contributed by atoms with Gasteiger partial charge in [-0.3, -0.25) is 14.6 Å². The summed E-state index contributed by atoms with van der Waals surface area (Å²) in [5, 5.41) is 20.2. The molecule has 1 amide bonds. The normalized spacial score (nSPS) is 20.3. The molecule has 0 spiro atoms. The fraction of sp³-hybridized carbons (Fsp3) is 0.375. The van der Waals surface area contributed by atoms with E-state index in [4.69, 9.17) is 21.7 Å². The minimum Gasteiger partial charge on any atom is -0.481 e. The Kier molecular flexibility index (Phi) is 14.0. The number of hydrogen-bond acceptors (Lipinski definition) is 5. The monoisotopic (exact) mass is 565 g/mol. The molecule has 1 heterocycles. The van der Waals surface area contributed by atoms with Crippen LogP contribution < -0.4 is 0 Å². The molecule has 2 rings (SSSR count). The topological polar surface area (TPSA) is 103 Å². The van der Waals surface area contributed by atoms with Crippen LogP contribution in [0.5, 0.6) is 0 Å². The number of β-amino-alcohol motifs (C(OH)–C–C–N with tert-alkyl or cyclic N) is 1. The van der Waals surface area contributed by atoms with Crippen molar-refractivity contribution in [2.45, 2.75) is 51.0 Å². The number of hydrogen-bond donors (Lipinski definition) is 2. The van der Waals surface area contributed by atoms with E-state index in [9.17, 15) is 14.7 Å². The molecule has 7 nitrogen and oxygen atoms in total. The van der Waals surface area contributed by atoms with Crippen molar-refractivity contribution in [2.75, 3.05) is 25.5 Å². The van der Waals surface area contributed by atoms with Gasteiger partial charge in [-0.2, -0.15) is 0 Å². The van der Waals surface area contributed by atoms with Crippen molar-refractivity contribution >= 4 is 34.9 Å². The lowest BCUT2D eigenvalue weighted by Crippen LogP contribution is -2.36. The van der Waals surface area contributed by atoms with Crippen LogP contribution in [-0.2, 0) is 9.59 Å². The van der Waals surface area contributed by atoms with Gasteiger partial charge in [0.05, 0.1) is 30.2 Å². The molecule has 0 aromatic carbocycles. The first kappa shape index (κ1) is 32.7. The van der Waals surface area contributed by atoms with Gasteiger partial charge in [0.1, 0.15) is 5.60 Å². The number of carboxylic acids is 1. The van der Waals surface area contributed by atoms with Gasteiger partial charge in [0.15, 0.2) is 0 Å². The Hall–Kier alpha value is -3.55. The van der Waals surface area contributed by atoms with E-state index < -0.39 is 11.6 Å². The van der Waals surface area contributed by atoms with E-state index in [0.29, 0.717) is 55.2 Å². The Labute approximate surface area is 242 Å². The summed E-state index contributed by atoms with van der Waals surface area (Å²) in [6, 6.07) is 0. The highest BCUT2D eigenvalue weighted by atomic mass is 35.5. The molecule has 40 heavy (non-hydrogen) atoms. The summed E-state index contributed by atoms with van der Waals surface area (Å²) < 4.78 is 0. The highest BCUT2D eigenvalue weighted by Gasteiger charge is 2.39. The van der Waals surface area contributed by atoms with Gasteiger partial charge in [0.2, 0.25) is 5.91 Å². The van der Waals surface area contributed by atoms with Gasteiger partial charge in [-0.25, -0.2) is 4.99 Å². The number of allylic oxidation sites excluding steroid dienone is 9. The maximum Gasteiger partial charge on any atom is 0.303 e. The SMILES string of the molecule is C=CC(=C)/N=C(C(\CCCCC(=O)O)=N/C/C=C/C(=O)N1CCC(O)(C2=CCC=CC=C2)C1)/C(/C=C\CCl)=C/C. The van der Waals surface area contributed by atoms with Crippen molar-refractivity contribution in [3.63, 3.8) is 0 Å². The second-order valence-corrected chi connectivity index (χ2v) is 9.78. The van der Waals surface area contributed by atoms with E-state index in [1.54, 1.807) is 23.1 Å². The van der Waals surface area contributed by atoms with Gasteiger partial charge >= 0.3 is 5.97 Å². The molecule has 1 fully saturated rings. The molecule has 1 aliphatic heterocycles. The maximum absolute atomic E-state index is 12.9. The van der Waals surface area contributed by atoms with E-state index in [1.807, 2.05) is 49.5 Å². The lowest BCUT2D eigenvalue weighted by atomic mass is 9.92. The number of aliphatic imine (C=N–C) groups is 2. The van der Waals surface area contributed by atoms with Gasteiger partial charge < -0.3 is 15.1 Å². The third-order valence-electron chi connectivity index (χ3n) is 6.53. The number of likely N-dealkylation sites (tertiary alicyclic amines) is 1. The van der Waals surface area contributed by atoms with Crippen LogP contribution in [0.2, 0.25) is 0 Å². The highest BCUT2D eigenvalue weighted by molar-refractivity contribution is 6.49. The summed E-state index contributed by atoms with van der Waals surface area (Å²) in [4.78, 5) is 34.9. The lowest BCUT2D eigenvalue weighted by molar-refractivity contribution is -0.137. The fourth-order valence-corrected chi connectivity index (χ4v) is 4.46.